The molecule has 0 radical (unpaired) electrons. The maximum Gasteiger partial charge on any atom is 0.293 e. The fourth-order valence-corrected chi connectivity index (χ4v) is 4.41. The van der Waals surface area contributed by atoms with Crippen LogP contribution in [0.25, 0.3) is 0 Å². The van der Waals surface area contributed by atoms with Crippen LogP contribution in [0.4, 0.5) is 11.4 Å². The first-order valence-corrected chi connectivity index (χ1v) is 10.7. The lowest BCUT2D eigenvalue weighted by atomic mass is 10.1. The van der Waals surface area contributed by atoms with Gasteiger partial charge in [-0.2, -0.15) is 0 Å². The lowest BCUT2D eigenvalue weighted by Crippen LogP contribution is -2.28. The molecular weight excluding hydrogens is 376 g/mol. The molecule has 0 saturated heterocycles. The summed E-state index contributed by atoms with van der Waals surface area (Å²) < 4.78 is 32.8. The first-order chi connectivity index (χ1) is 13.5. The molecule has 1 N–H and O–H groups in total. The van der Waals surface area contributed by atoms with E-state index in [2.05, 4.69) is 4.72 Å². The number of amides is 1. The number of sulfonamides is 1. The summed E-state index contributed by atoms with van der Waals surface area (Å²) in [5, 5.41) is 0. The molecule has 4 rings (SSSR count). The van der Waals surface area contributed by atoms with E-state index in [9.17, 15) is 13.2 Å². The second-order valence-corrected chi connectivity index (χ2v) is 8.53. The van der Waals surface area contributed by atoms with E-state index in [1.807, 2.05) is 36.4 Å². The molecule has 0 fully saturated rings. The van der Waals surface area contributed by atoms with Crippen molar-refractivity contribution in [3.63, 3.8) is 0 Å². The molecule has 0 bridgehead atoms. The third-order valence-corrected chi connectivity index (χ3v) is 6.02. The second-order valence-electron chi connectivity index (χ2n) is 6.68. The highest BCUT2D eigenvalue weighted by Crippen LogP contribution is 2.32. The average molecular weight is 396 g/mol. The van der Waals surface area contributed by atoms with E-state index in [-0.39, 0.29) is 17.4 Å². The van der Waals surface area contributed by atoms with Crippen LogP contribution in [0, 0.1) is 0 Å². The van der Waals surface area contributed by atoms with Gasteiger partial charge in [-0.05, 0) is 48.2 Å². The van der Waals surface area contributed by atoms with Gasteiger partial charge >= 0.3 is 0 Å². The molecule has 3 aromatic rings. The SMILES string of the molecule is O=C(c1ccco1)N1CCc2ccc(NS(=O)(=O)CCc3ccccc3)cc21. The summed E-state index contributed by atoms with van der Waals surface area (Å²) in [4.78, 5) is 14.2. The molecule has 28 heavy (non-hydrogen) atoms. The first kappa shape index (κ1) is 18.3. The Morgan fingerprint density at radius 2 is 1.89 bits per heavy atom. The van der Waals surface area contributed by atoms with E-state index in [0.717, 1.165) is 17.5 Å². The van der Waals surface area contributed by atoms with Gasteiger partial charge in [0.25, 0.3) is 5.91 Å². The van der Waals surface area contributed by atoms with Crippen LogP contribution >= 0.6 is 0 Å². The van der Waals surface area contributed by atoms with E-state index in [1.165, 1.54) is 6.26 Å². The molecule has 1 aliphatic heterocycles. The molecule has 7 heteroatoms. The van der Waals surface area contributed by atoms with E-state index in [4.69, 9.17) is 4.42 Å². The monoisotopic (exact) mass is 396 g/mol. The number of rotatable bonds is 6. The molecule has 2 heterocycles. The average Bonchev–Trinajstić information content (AvgIpc) is 3.36. The van der Waals surface area contributed by atoms with Crippen molar-refractivity contribution in [3.8, 4) is 0 Å². The highest BCUT2D eigenvalue weighted by molar-refractivity contribution is 7.92. The number of furan rings is 1. The summed E-state index contributed by atoms with van der Waals surface area (Å²) in [5.74, 6) is 0.0258. The van der Waals surface area contributed by atoms with Crippen molar-refractivity contribution >= 4 is 27.3 Å². The van der Waals surface area contributed by atoms with Crippen molar-refractivity contribution in [2.45, 2.75) is 12.8 Å². The van der Waals surface area contributed by atoms with E-state index in [0.29, 0.717) is 24.3 Å². The zero-order valence-electron chi connectivity index (χ0n) is 15.2. The Labute approximate surface area is 163 Å². The number of benzene rings is 2. The quantitative estimate of drug-likeness (QED) is 0.692. The van der Waals surface area contributed by atoms with Crippen LogP contribution < -0.4 is 9.62 Å². The third-order valence-electron chi connectivity index (χ3n) is 4.73. The minimum Gasteiger partial charge on any atom is -0.459 e. The molecule has 1 amide bonds. The Hall–Kier alpha value is -3.06. The molecule has 1 aliphatic rings. The number of hydrogen-bond donors (Lipinski definition) is 1. The van der Waals surface area contributed by atoms with Crippen molar-refractivity contribution in [2.24, 2.45) is 0 Å². The van der Waals surface area contributed by atoms with Gasteiger partial charge in [0.15, 0.2) is 5.76 Å². The minimum absolute atomic E-state index is 0.0108. The summed E-state index contributed by atoms with van der Waals surface area (Å²) >= 11 is 0. The Morgan fingerprint density at radius 3 is 2.64 bits per heavy atom. The van der Waals surface area contributed by atoms with Crippen molar-refractivity contribution in [2.75, 3.05) is 21.9 Å². The van der Waals surface area contributed by atoms with Crippen LogP contribution in [0.15, 0.2) is 71.3 Å². The van der Waals surface area contributed by atoms with Gasteiger partial charge in [0.05, 0.1) is 17.7 Å². The Kier molecular flexibility index (Phi) is 4.92. The predicted octanol–water partition coefficient (Wildman–Crippen LogP) is 3.47. The smallest absolute Gasteiger partial charge is 0.293 e. The summed E-state index contributed by atoms with van der Waals surface area (Å²) in [5.41, 5.74) is 3.14. The number of nitrogens with zero attached hydrogens (tertiary/aromatic N) is 1. The van der Waals surface area contributed by atoms with Crippen LogP contribution in [0.5, 0.6) is 0 Å². The molecule has 6 nitrogen and oxygen atoms in total. The van der Waals surface area contributed by atoms with Crippen molar-refractivity contribution in [3.05, 3.63) is 83.8 Å². The van der Waals surface area contributed by atoms with E-state index < -0.39 is 10.0 Å². The fraction of sp³-hybridized carbons (Fsp3) is 0.190. The topological polar surface area (TPSA) is 79.6 Å². The summed E-state index contributed by atoms with van der Waals surface area (Å²) in [7, 11) is -3.50. The van der Waals surface area contributed by atoms with E-state index in [1.54, 1.807) is 29.2 Å². The zero-order valence-corrected chi connectivity index (χ0v) is 16.0. The number of carbonyl (C=O) groups is 1. The van der Waals surface area contributed by atoms with Crippen LogP contribution in [0.1, 0.15) is 21.7 Å². The lowest BCUT2D eigenvalue weighted by Gasteiger charge is -2.17. The molecule has 0 atom stereocenters. The maximum atomic E-state index is 12.6. The zero-order chi connectivity index (χ0) is 19.6. The van der Waals surface area contributed by atoms with Crippen molar-refractivity contribution in [1.29, 1.82) is 0 Å². The van der Waals surface area contributed by atoms with Crippen molar-refractivity contribution in [1.82, 2.24) is 0 Å². The van der Waals surface area contributed by atoms with Crippen molar-refractivity contribution < 1.29 is 17.6 Å². The highest BCUT2D eigenvalue weighted by atomic mass is 32.2. The number of aryl methyl sites for hydroxylation is 1. The highest BCUT2D eigenvalue weighted by Gasteiger charge is 2.27. The van der Waals surface area contributed by atoms with Crippen LogP contribution in [0.3, 0.4) is 0 Å². The first-order valence-electron chi connectivity index (χ1n) is 9.04. The second kappa shape index (κ2) is 7.52. The van der Waals surface area contributed by atoms with Gasteiger partial charge in [-0.25, -0.2) is 8.42 Å². The van der Waals surface area contributed by atoms with Gasteiger partial charge in [0.1, 0.15) is 0 Å². The standard InChI is InChI=1S/C21H20N2O4S/c24-21(20-7-4-13-27-20)23-12-10-17-8-9-18(15-19(17)23)22-28(25,26)14-11-16-5-2-1-3-6-16/h1-9,13,15,22H,10-12,14H2. The number of nitrogens with one attached hydrogen (secondary N) is 1. The molecular formula is C21H20N2O4S. The Morgan fingerprint density at radius 1 is 1.07 bits per heavy atom. The fourth-order valence-electron chi connectivity index (χ4n) is 3.31. The van der Waals surface area contributed by atoms with Crippen LogP contribution in [-0.4, -0.2) is 26.6 Å². The lowest BCUT2D eigenvalue weighted by molar-refractivity contribution is 0.0963. The van der Waals surface area contributed by atoms with Crippen LogP contribution in [-0.2, 0) is 22.9 Å². The van der Waals surface area contributed by atoms with Gasteiger partial charge in [-0.1, -0.05) is 36.4 Å². The van der Waals surface area contributed by atoms with Gasteiger partial charge in [-0.15, -0.1) is 0 Å². The number of hydrogen-bond acceptors (Lipinski definition) is 4. The molecule has 1 aromatic heterocycles. The summed E-state index contributed by atoms with van der Waals surface area (Å²) in [6.07, 6.45) is 2.62. The van der Waals surface area contributed by atoms with Gasteiger partial charge in [-0.3, -0.25) is 9.52 Å². The maximum absolute atomic E-state index is 12.6. The predicted molar refractivity (Wildman–Crippen MR) is 108 cm³/mol. The minimum atomic E-state index is -3.50. The molecule has 0 aliphatic carbocycles. The number of fused-ring (bicyclic) bond motifs is 1. The number of anilines is 2. The third kappa shape index (κ3) is 3.94. The van der Waals surface area contributed by atoms with E-state index >= 15 is 0 Å². The Balaban J connectivity index is 1.49. The van der Waals surface area contributed by atoms with Crippen LogP contribution in [0.2, 0.25) is 0 Å². The summed E-state index contributed by atoms with van der Waals surface area (Å²) in [6, 6.07) is 18.1. The normalized spacial score (nSPS) is 13.4. The van der Waals surface area contributed by atoms with Gasteiger partial charge in [0.2, 0.25) is 10.0 Å². The molecule has 2 aromatic carbocycles. The molecule has 0 spiro atoms. The van der Waals surface area contributed by atoms with Gasteiger partial charge in [0, 0.05) is 12.2 Å². The molecule has 0 unspecified atom stereocenters. The molecule has 0 saturated carbocycles. The Bertz CT molecular complexity index is 1080. The largest absolute Gasteiger partial charge is 0.459 e. The molecule has 144 valence electrons. The summed E-state index contributed by atoms with van der Waals surface area (Å²) in [6.45, 7) is 0.541. The number of carbonyl (C=O) groups excluding carboxylic acids is 1. The van der Waals surface area contributed by atoms with Gasteiger partial charge < -0.3 is 9.32 Å².